The van der Waals surface area contributed by atoms with Gasteiger partial charge < -0.3 is 9.47 Å². The van der Waals surface area contributed by atoms with E-state index in [1.807, 2.05) is 11.6 Å². The lowest BCUT2D eigenvalue weighted by molar-refractivity contribution is -0.157. The average Bonchev–Trinajstić information content (AvgIpc) is 2.48. The van der Waals surface area contributed by atoms with Gasteiger partial charge in [-0.05, 0) is 51.0 Å². The van der Waals surface area contributed by atoms with Gasteiger partial charge in [-0.25, -0.2) is 18.0 Å². The molecule has 23 heavy (non-hydrogen) atoms. The summed E-state index contributed by atoms with van der Waals surface area (Å²) in [6.07, 6.45) is 0. The van der Waals surface area contributed by atoms with E-state index in [9.17, 15) is 18.0 Å². The molecule has 128 valence electrons. The first-order valence-corrected chi connectivity index (χ1v) is 8.64. The van der Waals surface area contributed by atoms with E-state index in [-0.39, 0.29) is 18.1 Å². The van der Waals surface area contributed by atoms with Crippen LogP contribution in [0.4, 0.5) is 0 Å². The number of hydrogen-bond donors (Lipinski definition) is 1. The molecule has 0 heterocycles. The summed E-state index contributed by atoms with van der Waals surface area (Å²) in [4.78, 5) is 23.6. The molecule has 0 aliphatic carbocycles. The molecule has 0 spiro atoms. The van der Waals surface area contributed by atoms with Gasteiger partial charge in [-0.1, -0.05) is 6.07 Å². The summed E-state index contributed by atoms with van der Waals surface area (Å²) >= 11 is 0. The van der Waals surface area contributed by atoms with E-state index in [0.717, 1.165) is 11.1 Å². The second-order valence-electron chi connectivity index (χ2n) is 4.80. The van der Waals surface area contributed by atoms with Crippen molar-refractivity contribution in [2.45, 2.75) is 38.6 Å². The van der Waals surface area contributed by atoms with Gasteiger partial charge in [0.25, 0.3) is 0 Å². The van der Waals surface area contributed by atoms with Crippen molar-refractivity contribution in [3.8, 4) is 0 Å². The van der Waals surface area contributed by atoms with Gasteiger partial charge in [-0.2, -0.15) is 4.72 Å². The molecular formula is C15H21NO6S. The number of nitrogens with one attached hydrogen (secondary N) is 1. The van der Waals surface area contributed by atoms with Gasteiger partial charge in [0.2, 0.25) is 16.1 Å². The summed E-state index contributed by atoms with van der Waals surface area (Å²) in [7, 11) is -4.08. The first-order chi connectivity index (χ1) is 10.7. The third kappa shape index (κ3) is 5.04. The Balaban J connectivity index is 3.11. The van der Waals surface area contributed by atoms with E-state index >= 15 is 0 Å². The monoisotopic (exact) mass is 343 g/mol. The van der Waals surface area contributed by atoms with Crippen LogP contribution in [0.25, 0.3) is 0 Å². The highest BCUT2D eigenvalue weighted by Gasteiger charge is 2.34. The maximum absolute atomic E-state index is 12.4. The van der Waals surface area contributed by atoms with Crippen LogP contribution in [0.1, 0.15) is 25.0 Å². The Morgan fingerprint density at radius 1 is 1.04 bits per heavy atom. The lowest BCUT2D eigenvalue weighted by Gasteiger charge is -2.16. The molecule has 0 aliphatic heterocycles. The normalized spacial score (nSPS) is 11.3. The molecule has 1 rings (SSSR count). The maximum atomic E-state index is 12.4. The second-order valence-corrected chi connectivity index (χ2v) is 6.52. The van der Waals surface area contributed by atoms with Crippen molar-refractivity contribution < 1.29 is 27.5 Å². The molecule has 0 saturated heterocycles. The Kier molecular flexibility index (Phi) is 6.71. The molecule has 8 heteroatoms. The number of ether oxygens (including phenoxy) is 2. The van der Waals surface area contributed by atoms with Crippen LogP contribution in [0.15, 0.2) is 23.1 Å². The Labute approximate surface area is 136 Å². The van der Waals surface area contributed by atoms with Crippen LogP contribution in [0.2, 0.25) is 0 Å². The van der Waals surface area contributed by atoms with Gasteiger partial charge in [0.15, 0.2) is 0 Å². The summed E-state index contributed by atoms with van der Waals surface area (Å²) in [5.41, 5.74) is 1.70. The van der Waals surface area contributed by atoms with Crippen molar-refractivity contribution in [3.63, 3.8) is 0 Å². The van der Waals surface area contributed by atoms with Crippen LogP contribution in [0.5, 0.6) is 0 Å². The zero-order chi connectivity index (χ0) is 17.6. The lowest BCUT2D eigenvalue weighted by atomic mass is 10.1. The van der Waals surface area contributed by atoms with Crippen LogP contribution < -0.4 is 4.72 Å². The fourth-order valence-corrected chi connectivity index (χ4v) is 2.97. The zero-order valence-electron chi connectivity index (χ0n) is 13.6. The van der Waals surface area contributed by atoms with Crippen molar-refractivity contribution in [1.82, 2.24) is 4.72 Å². The molecular weight excluding hydrogens is 322 g/mol. The number of hydrogen-bond acceptors (Lipinski definition) is 6. The highest BCUT2D eigenvalue weighted by molar-refractivity contribution is 7.89. The Bertz CT molecular complexity index is 665. The van der Waals surface area contributed by atoms with E-state index in [4.69, 9.17) is 9.47 Å². The number of carbonyl (C=O) groups excluding carboxylic acids is 2. The highest BCUT2D eigenvalue weighted by Crippen LogP contribution is 2.15. The van der Waals surface area contributed by atoms with Crippen LogP contribution >= 0.6 is 0 Å². The van der Waals surface area contributed by atoms with Gasteiger partial charge in [-0.3, -0.25) is 0 Å². The first kappa shape index (κ1) is 19.1. The summed E-state index contributed by atoms with van der Waals surface area (Å²) in [5, 5.41) is 0. The summed E-state index contributed by atoms with van der Waals surface area (Å²) in [6, 6.07) is 2.78. The minimum Gasteiger partial charge on any atom is -0.464 e. The molecule has 1 aromatic rings. The number of sulfonamides is 1. The van der Waals surface area contributed by atoms with Crippen LogP contribution in [0.3, 0.4) is 0 Å². The molecule has 7 nitrogen and oxygen atoms in total. The average molecular weight is 343 g/mol. The predicted octanol–water partition coefficient (Wildman–Crippen LogP) is 1.08. The van der Waals surface area contributed by atoms with Gasteiger partial charge in [0, 0.05) is 0 Å². The van der Waals surface area contributed by atoms with Crippen LogP contribution in [0, 0.1) is 13.8 Å². The summed E-state index contributed by atoms with van der Waals surface area (Å²) < 4.78 is 36.3. The highest BCUT2D eigenvalue weighted by atomic mass is 32.2. The van der Waals surface area contributed by atoms with E-state index in [1.54, 1.807) is 26.8 Å². The van der Waals surface area contributed by atoms with Crippen molar-refractivity contribution in [1.29, 1.82) is 0 Å². The molecule has 0 unspecified atom stereocenters. The van der Waals surface area contributed by atoms with Crippen molar-refractivity contribution in [2.24, 2.45) is 0 Å². The van der Waals surface area contributed by atoms with Gasteiger partial charge in [-0.15, -0.1) is 0 Å². The Morgan fingerprint density at radius 3 is 2.00 bits per heavy atom. The Morgan fingerprint density at radius 2 is 1.57 bits per heavy atom. The number of benzene rings is 1. The largest absolute Gasteiger partial charge is 0.464 e. The predicted molar refractivity (Wildman–Crippen MR) is 83.3 cm³/mol. The fourth-order valence-electron chi connectivity index (χ4n) is 1.75. The fraction of sp³-hybridized carbons (Fsp3) is 0.467. The molecule has 0 radical (unpaired) electrons. The van der Waals surface area contributed by atoms with Gasteiger partial charge >= 0.3 is 11.9 Å². The molecule has 0 bridgehead atoms. The minimum atomic E-state index is -4.08. The van der Waals surface area contributed by atoms with Crippen LogP contribution in [-0.2, 0) is 29.1 Å². The molecule has 0 amide bonds. The maximum Gasteiger partial charge on any atom is 0.335 e. The molecule has 1 N–H and O–H groups in total. The lowest BCUT2D eigenvalue weighted by Crippen LogP contribution is -2.48. The van der Waals surface area contributed by atoms with E-state index in [0.29, 0.717) is 0 Å². The number of aryl methyl sites for hydroxylation is 2. The van der Waals surface area contributed by atoms with Gasteiger partial charge in [0.05, 0.1) is 18.1 Å². The molecule has 0 fully saturated rings. The number of carbonyl (C=O) groups is 2. The second kappa shape index (κ2) is 8.07. The number of esters is 2. The van der Waals surface area contributed by atoms with E-state index in [1.165, 1.54) is 12.1 Å². The van der Waals surface area contributed by atoms with Gasteiger partial charge in [0.1, 0.15) is 0 Å². The van der Waals surface area contributed by atoms with E-state index in [2.05, 4.69) is 0 Å². The minimum absolute atomic E-state index is 0.0140. The van der Waals surface area contributed by atoms with E-state index < -0.39 is 28.0 Å². The molecule has 0 aliphatic rings. The third-order valence-electron chi connectivity index (χ3n) is 3.11. The molecule has 1 aromatic carbocycles. The molecule has 0 atom stereocenters. The van der Waals surface area contributed by atoms with Crippen molar-refractivity contribution >= 4 is 22.0 Å². The smallest absolute Gasteiger partial charge is 0.335 e. The molecule has 0 aromatic heterocycles. The summed E-state index contributed by atoms with van der Waals surface area (Å²) in [6.45, 7) is 6.75. The Hall–Kier alpha value is -1.93. The van der Waals surface area contributed by atoms with Crippen LogP contribution in [-0.4, -0.2) is 39.6 Å². The zero-order valence-corrected chi connectivity index (χ0v) is 14.4. The first-order valence-electron chi connectivity index (χ1n) is 7.15. The SMILES string of the molecule is CCOC(=O)C(NS(=O)(=O)c1ccc(C)c(C)c1)C(=O)OCC. The summed E-state index contributed by atoms with van der Waals surface area (Å²) in [5.74, 6) is -2.00. The quantitative estimate of drug-likeness (QED) is 0.587. The standard InChI is InChI=1S/C15H21NO6S/c1-5-21-14(17)13(15(18)22-6-2)16-23(19,20)12-8-7-10(3)11(4)9-12/h7-9,13,16H,5-6H2,1-4H3. The van der Waals surface area contributed by atoms with Crippen molar-refractivity contribution in [3.05, 3.63) is 29.3 Å². The van der Waals surface area contributed by atoms with Crippen molar-refractivity contribution in [2.75, 3.05) is 13.2 Å². The topological polar surface area (TPSA) is 98.8 Å². The molecule has 0 saturated carbocycles. The number of rotatable bonds is 7. The third-order valence-corrected chi connectivity index (χ3v) is 4.53.